The minimum Gasteiger partial charge on any atom is -0.356 e. The van der Waals surface area contributed by atoms with Gasteiger partial charge in [0.25, 0.3) is 0 Å². The van der Waals surface area contributed by atoms with Crippen molar-refractivity contribution in [2.45, 2.75) is 82.1 Å². The molecule has 202 valence electrons. The van der Waals surface area contributed by atoms with E-state index in [0.29, 0.717) is 11.2 Å². The summed E-state index contributed by atoms with van der Waals surface area (Å²) in [5.41, 5.74) is 5.57. The number of rotatable bonds is 19. The highest BCUT2D eigenvalue weighted by Crippen LogP contribution is 2.40. The quantitative estimate of drug-likeness (QED) is 0.241. The summed E-state index contributed by atoms with van der Waals surface area (Å²) in [6, 6.07) is 0. The second-order valence-electron chi connectivity index (χ2n) is 11.0. The lowest BCUT2D eigenvalue weighted by molar-refractivity contribution is -0.126. The summed E-state index contributed by atoms with van der Waals surface area (Å²) in [6.45, 7) is 8.63. The lowest BCUT2D eigenvalue weighted by Gasteiger charge is -2.36. The molecule has 1 aliphatic rings. The van der Waals surface area contributed by atoms with E-state index in [1.165, 1.54) is 31.4 Å². The van der Waals surface area contributed by atoms with Gasteiger partial charge in [0.1, 0.15) is 0 Å². The Morgan fingerprint density at radius 1 is 1.00 bits per heavy atom. The molecule has 0 radical (unpaired) electrons. The first-order chi connectivity index (χ1) is 16.2. The largest absolute Gasteiger partial charge is 0.356 e. The summed E-state index contributed by atoms with van der Waals surface area (Å²) >= 11 is 4.29. The summed E-state index contributed by atoms with van der Waals surface area (Å²) in [4.78, 5) is 17.5. The first kappa shape index (κ1) is 32.1. The molecule has 0 aromatic carbocycles. The van der Waals surface area contributed by atoms with Crippen LogP contribution in [0.5, 0.6) is 0 Å². The summed E-state index contributed by atoms with van der Waals surface area (Å²) < 4.78 is 0. The van der Waals surface area contributed by atoms with E-state index in [4.69, 9.17) is 5.73 Å². The predicted octanol–water partition coefficient (Wildman–Crippen LogP) is 4.80. The maximum absolute atomic E-state index is 12.9. The molecule has 7 heteroatoms. The minimum atomic E-state index is 0.201. The summed E-state index contributed by atoms with van der Waals surface area (Å²) in [6.07, 6.45) is 10.5. The molecule has 1 aliphatic carbocycles. The van der Waals surface area contributed by atoms with Gasteiger partial charge in [0.05, 0.1) is 0 Å². The first-order valence-electron chi connectivity index (χ1n) is 13.7. The maximum Gasteiger partial charge on any atom is 0.223 e. The van der Waals surface area contributed by atoms with Crippen molar-refractivity contribution >= 4 is 29.4 Å². The molecule has 0 heterocycles. The molecule has 0 aromatic rings. The molecule has 0 saturated heterocycles. The van der Waals surface area contributed by atoms with Crippen LogP contribution in [-0.4, -0.2) is 92.1 Å². The third kappa shape index (κ3) is 14.6. The Hall–Kier alpha value is 0.0500. The standard InChI is InChI=1S/C27H56N4OS2/c1-22(2)25(33-19-17-30(3)4)14-13-23-11-12-24(21-26(23)34-20-18-31(5)6)27(32)29-16-10-8-7-9-15-28/h22-26H,7-21,28H2,1-6H3,(H,29,32). The molecule has 1 fully saturated rings. The fourth-order valence-electron chi connectivity index (χ4n) is 4.70. The molecule has 1 amide bonds. The third-order valence-electron chi connectivity index (χ3n) is 7.04. The van der Waals surface area contributed by atoms with E-state index in [0.717, 1.165) is 81.1 Å². The molecule has 34 heavy (non-hydrogen) atoms. The zero-order chi connectivity index (χ0) is 25.3. The fraction of sp³-hybridized carbons (Fsp3) is 0.963. The van der Waals surface area contributed by atoms with Gasteiger partial charge in [0.15, 0.2) is 0 Å². The van der Waals surface area contributed by atoms with E-state index in [-0.39, 0.29) is 5.92 Å². The van der Waals surface area contributed by atoms with Crippen molar-refractivity contribution < 1.29 is 4.79 Å². The van der Waals surface area contributed by atoms with Crippen molar-refractivity contribution in [3.05, 3.63) is 0 Å². The van der Waals surface area contributed by atoms with Crippen molar-refractivity contribution in [3.63, 3.8) is 0 Å². The molecule has 5 nitrogen and oxygen atoms in total. The van der Waals surface area contributed by atoms with Gasteiger partial charge < -0.3 is 20.9 Å². The number of thioether (sulfide) groups is 2. The average Bonchev–Trinajstić information content (AvgIpc) is 2.78. The Kier molecular flexibility index (Phi) is 18.1. The Morgan fingerprint density at radius 3 is 2.32 bits per heavy atom. The summed E-state index contributed by atoms with van der Waals surface area (Å²) in [5, 5.41) is 4.60. The molecule has 0 bridgehead atoms. The van der Waals surface area contributed by atoms with Gasteiger partial charge in [-0.05, 0) is 91.5 Å². The number of nitrogens with one attached hydrogen (secondary N) is 1. The number of hydrogen-bond acceptors (Lipinski definition) is 6. The van der Waals surface area contributed by atoms with Crippen LogP contribution in [0.15, 0.2) is 0 Å². The van der Waals surface area contributed by atoms with E-state index >= 15 is 0 Å². The van der Waals surface area contributed by atoms with E-state index in [2.05, 4.69) is 80.7 Å². The molecule has 0 aliphatic heterocycles. The number of carbonyl (C=O) groups excluding carboxylic acids is 1. The predicted molar refractivity (Wildman–Crippen MR) is 155 cm³/mol. The minimum absolute atomic E-state index is 0.201. The second-order valence-corrected chi connectivity index (χ2v) is 13.7. The van der Waals surface area contributed by atoms with Gasteiger partial charge in [0, 0.05) is 47.6 Å². The number of amides is 1. The highest BCUT2D eigenvalue weighted by molar-refractivity contribution is 8.00. The van der Waals surface area contributed by atoms with E-state index in [1.54, 1.807) is 0 Å². The van der Waals surface area contributed by atoms with Gasteiger partial charge in [-0.15, -0.1) is 0 Å². The summed E-state index contributed by atoms with van der Waals surface area (Å²) in [7, 11) is 8.63. The number of hydrogen-bond donors (Lipinski definition) is 2. The van der Waals surface area contributed by atoms with Gasteiger partial charge in [-0.25, -0.2) is 0 Å². The summed E-state index contributed by atoms with van der Waals surface area (Å²) in [5.74, 6) is 4.36. The first-order valence-corrected chi connectivity index (χ1v) is 15.8. The SMILES string of the molecule is CC(C)C(CCC1CCC(C(=O)NCCCCCCN)CC1SCCN(C)C)SCCN(C)C. The van der Waals surface area contributed by atoms with Crippen LogP contribution in [0.3, 0.4) is 0 Å². The van der Waals surface area contributed by atoms with Gasteiger partial charge in [-0.1, -0.05) is 26.7 Å². The fourth-order valence-corrected chi connectivity index (χ4v) is 7.85. The van der Waals surface area contributed by atoms with Crippen LogP contribution >= 0.6 is 23.5 Å². The molecular formula is C27H56N4OS2. The molecule has 0 spiro atoms. The molecular weight excluding hydrogens is 460 g/mol. The average molecular weight is 517 g/mol. The van der Waals surface area contributed by atoms with Gasteiger partial charge in [-0.3, -0.25) is 4.79 Å². The van der Waals surface area contributed by atoms with E-state index in [9.17, 15) is 4.79 Å². The van der Waals surface area contributed by atoms with Gasteiger partial charge in [-0.2, -0.15) is 23.5 Å². The van der Waals surface area contributed by atoms with Crippen LogP contribution in [0.2, 0.25) is 0 Å². The van der Waals surface area contributed by atoms with Crippen LogP contribution in [0.25, 0.3) is 0 Å². The lowest BCUT2D eigenvalue weighted by Crippen LogP contribution is -2.38. The van der Waals surface area contributed by atoms with Crippen molar-refractivity contribution in [3.8, 4) is 0 Å². The number of nitrogens with zero attached hydrogens (tertiary/aromatic N) is 2. The van der Waals surface area contributed by atoms with E-state index < -0.39 is 0 Å². The zero-order valence-electron chi connectivity index (χ0n) is 23.2. The zero-order valence-corrected chi connectivity index (χ0v) is 24.8. The maximum atomic E-state index is 12.9. The molecule has 0 aromatic heterocycles. The monoisotopic (exact) mass is 516 g/mol. The Labute approximate surface area is 220 Å². The van der Waals surface area contributed by atoms with Crippen LogP contribution in [0, 0.1) is 17.8 Å². The number of nitrogens with two attached hydrogens (primary N) is 1. The van der Waals surface area contributed by atoms with Gasteiger partial charge in [0.2, 0.25) is 5.91 Å². The highest BCUT2D eigenvalue weighted by Gasteiger charge is 2.34. The normalized spacial score (nSPS) is 22.0. The molecule has 4 atom stereocenters. The topological polar surface area (TPSA) is 61.6 Å². The lowest BCUT2D eigenvalue weighted by atomic mass is 9.78. The smallest absolute Gasteiger partial charge is 0.223 e. The Balaban J connectivity index is 2.57. The highest BCUT2D eigenvalue weighted by atomic mass is 32.2. The van der Waals surface area contributed by atoms with E-state index in [1.807, 2.05) is 0 Å². The third-order valence-corrected chi connectivity index (χ3v) is 10.1. The number of unbranched alkanes of at least 4 members (excludes halogenated alkanes) is 3. The molecule has 4 unspecified atom stereocenters. The number of carbonyl (C=O) groups is 1. The molecule has 1 saturated carbocycles. The van der Waals surface area contributed by atoms with Crippen LogP contribution in [-0.2, 0) is 4.79 Å². The Morgan fingerprint density at radius 2 is 1.68 bits per heavy atom. The Bertz CT molecular complexity index is 519. The van der Waals surface area contributed by atoms with Crippen LogP contribution in [0.4, 0.5) is 0 Å². The molecule has 3 N–H and O–H groups in total. The van der Waals surface area contributed by atoms with Crippen LogP contribution in [0.1, 0.15) is 71.6 Å². The van der Waals surface area contributed by atoms with Crippen LogP contribution < -0.4 is 11.1 Å². The molecule has 1 rings (SSSR count). The van der Waals surface area contributed by atoms with Gasteiger partial charge >= 0.3 is 0 Å². The van der Waals surface area contributed by atoms with Crippen molar-refractivity contribution in [2.24, 2.45) is 23.5 Å². The van der Waals surface area contributed by atoms with Crippen molar-refractivity contribution in [1.82, 2.24) is 15.1 Å². The second kappa shape index (κ2) is 19.2. The van der Waals surface area contributed by atoms with Crippen molar-refractivity contribution in [1.29, 1.82) is 0 Å². The van der Waals surface area contributed by atoms with Crippen molar-refractivity contribution in [2.75, 3.05) is 65.9 Å².